The van der Waals surface area contributed by atoms with Crippen molar-refractivity contribution in [2.45, 2.75) is 44.1 Å². The van der Waals surface area contributed by atoms with Crippen molar-refractivity contribution >= 4 is 34.8 Å². The van der Waals surface area contributed by atoms with Crippen molar-refractivity contribution in [2.24, 2.45) is 0 Å². The number of methoxy groups -OCH3 is 1. The number of hydrogen-bond acceptors (Lipinski definition) is 9. The number of rotatable bonds is 12. The average molecular weight is 636 g/mol. The van der Waals surface area contributed by atoms with Crippen molar-refractivity contribution in [3.8, 4) is 22.1 Å². The summed E-state index contributed by atoms with van der Waals surface area (Å²) in [6, 6.07) is 20.8. The first-order valence-corrected chi connectivity index (χ1v) is 16.6. The minimum absolute atomic E-state index is 0.255. The van der Waals surface area contributed by atoms with Crippen LogP contribution in [-0.2, 0) is 21.8 Å². The number of carbonyl (C=O) groups is 1. The molecule has 1 saturated heterocycles. The molecule has 1 atom stereocenters. The molecule has 0 saturated carbocycles. The van der Waals surface area contributed by atoms with Crippen LogP contribution >= 0.6 is 23.1 Å². The Morgan fingerprint density at radius 2 is 1.84 bits per heavy atom. The molecule has 7 nitrogen and oxygen atoms in total. The van der Waals surface area contributed by atoms with Crippen LogP contribution in [0.1, 0.15) is 30.0 Å². The number of nitrogens with zero attached hydrogens (tertiary/aromatic N) is 3. The second kappa shape index (κ2) is 14.9. The lowest BCUT2D eigenvalue weighted by atomic mass is 10.2. The second-order valence-corrected chi connectivity index (χ2v) is 12.7. The first-order chi connectivity index (χ1) is 21.3. The molecule has 5 rings (SSSR count). The Hall–Kier alpha value is -3.60. The Morgan fingerprint density at radius 3 is 2.55 bits per heavy atom. The maximum absolute atomic E-state index is 13.6. The van der Waals surface area contributed by atoms with Gasteiger partial charge in [0.05, 0.1) is 19.4 Å². The van der Waals surface area contributed by atoms with Crippen molar-refractivity contribution in [1.29, 1.82) is 0 Å². The van der Waals surface area contributed by atoms with Crippen molar-refractivity contribution in [1.82, 2.24) is 9.88 Å². The fourth-order valence-corrected chi connectivity index (χ4v) is 7.18. The molecule has 0 bridgehead atoms. The zero-order valence-corrected chi connectivity index (χ0v) is 27.2. The van der Waals surface area contributed by atoms with Crippen LogP contribution < -0.4 is 14.4 Å². The van der Waals surface area contributed by atoms with Gasteiger partial charge in [-0.05, 0) is 80.9 Å². The van der Waals surface area contributed by atoms with Gasteiger partial charge in [0.15, 0.2) is 6.10 Å². The van der Waals surface area contributed by atoms with E-state index in [4.69, 9.17) is 19.2 Å². The van der Waals surface area contributed by atoms with Gasteiger partial charge in [0.1, 0.15) is 22.3 Å². The molecule has 232 valence electrons. The molecule has 1 unspecified atom stereocenters. The lowest BCUT2D eigenvalue weighted by Crippen LogP contribution is -2.46. The monoisotopic (exact) mass is 635 g/mol. The molecular weight excluding hydrogens is 598 g/mol. The summed E-state index contributed by atoms with van der Waals surface area (Å²) in [6.45, 7) is 10.2. The quantitative estimate of drug-likeness (QED) is 0.120. The van der Waals surface area contributed by atoms with Crippen LogP contribution in [0.5, 0.6) is 11.5 Å². The molecule has 0 spiro atoms. The molecule has 3 aromatic carbocycles. The highest BCUT2D eigenvalue weighted by Crippen LogP contribution is 2.35. The SMILES string of the molecule is CCOC(=O)C(C)Oc1ccc(SCc2sc(-c3ccc(F)cc3)nc2CN2CCN(c3cccc(OC)c3)CC2)cc1C. The van der Waals surface area contributed by atoms with E-state index in [9.17, 15) is 9.18 Å². The van der Waals surface area contributed by atoms with Crippen LogP contribution in [0.25, 0.3) is 10.6 Å². The lowest BCUT2D eigenvalue weighted by Gasteiger charge is -2.36. The topological polar surface area (TPSA) is 64.1 Å². The normalized spacial score (nSPS) is 14.3. The standard InChI is InChI=1S/C34H38FN3O4S2/c1-5-41-34(39)24(3)42-31-14-13-29(19-23(31)2)43-22-32-30(36-33(44-32)25-9-11-26(35)12-10-25)21-37-15-17-38(18-16-37)27-7-6-8-28(20-27)40-4/h6-14,19-20,24H,5,15-18,21-22H2,1-4H3. The molecule has 0 N–H and O–H groups in total. The predicted octanol–water partition coefficient (Wildman–Crippen LogP) is 7.21. The largest absolute Gasteiger partial charge is 0.497 e. The maximum Gasteiger partial charge on any atom is 0.347 e. The van der Waals surface area contributed by atoms with Crippen molar-refractivity contribution in [3.63, 3.8) is 0 Å². The summed E-state index contributed by atoms with van der Waals surface area (Å²) in [5.41, 5.74) is 4.12. The van der Waals surface area contributed by atoms with E-state index in [-0.39, 0.29) is 11.8 Å². The van der Waals surface area contributed by atoms with E-state index in [1.165, 1.54) is 22.7 Å². The van der Waals surface area contributed by atoms with E-state index >= 15 is 0 Å². The van der Waals surface area contributed by atoms with Crippen LogP contribution in [0.2, 0.25) is 0 Å². The van der Waals surface area contributed by atoms with E-state index in [1.54, 1.807) is 56.2 Å². The Kier molecular flexibility index (Phi) is 10.8. The third-order valence-electron chi connectivity index (χ3n) is 7.47. The number of esters is 1. The molecule has 0 amide bonds. The Balaban J connectivity index is 1.27. The van der Waals surface area contributed by atoms with Gasteiger partial charge in [0.25, 0.3) is 0 Å². The van der Waals surface area contributed by atoms with E-state index in [2.05, 4.69) is 28.0 Å². The first kappa shape index (κ1) is 31.8. The Bertz CT molecular complexity index is 1550. The van der Waals surface area contributed by atoms with Crippen LogP contribution in [0.4, 0.5) is 10.1 Å². The number of ether oxygens (including phenoxy) is 3. The highest BCUT2D eigenvalue weighted by atomic mass is 32.2. The summed E-state index contributed by atoms with van der Waals surface area (Å²) in [6.07, 6.45) is -0.672. The van der Waals surface area contributed by atoms with Crippen molar-refractivity contribution in [2.75, 3.05) is 44.8 Å². The summed E-state index contributed by atoms with van der Waals surface area (Å²) >= 11 is 3.41. The van der Waals surface area contributed by atoms with Gasteiger partial charge >= 0.3 is 5.97 Å². The summed E-state index contributed by atoms with van der Waals surface area (Å²) in [5.74, 6) is 1.67. The molecule has 1 aromatic heterocycles. The second-order valence-electron chi connectivity index (χ2n) is 10.6. The molecule has 1 aliphatic heterocycles. The summed E-state index contributed by atoms with van der Waals surface area (Å²) in [7, 11) is 1.70. The minimum Gasteiger partial charge on any atom is -0.497 e. The molecular formula is C34H38FN3O4S2. The number of carbonyl (C=O) groups excluding carboxylic acids is 1. The molecule has 1 aliphatic rings. The first-order valence-electron chi connectivity index (χ1n) is 14.8. The number of aryl methyl sites for hydroxylation is 1. The van der Waals surface area contributed by atoms with E-state index < -0.39 is 6.10 Å². The molecule has 0 aliphatic carbocycles. The van der Waals surface area contributed by atoms with E-state index in [0.29, 0.717) is 12.4 Å². The molecule has 2 heterocycles. The maximum atomic E-state index is 13.6. The molecule has 4 aromatic rings. The number of piperazine rings is 1. The average Bonchev–Trinajstić information content (AvgIpc) is 3.44. The zero-order valence-electron chi connectivity index (χ0n) is 25.5. The van der Waals surface area contributed by atoms with Gasteiger partial charge in [-0.3, -0.25) is 4.90 Å². The zero-order chi connectivity index (χ0) is 31.1. The van der Waals surface area contributed by atoms with Gasteiger partial charge in [-0.25, -0.2) is 14.2 Å². The van der Waals surface area contributed by atoms with E-state index in [0.717, 1.165) is 71.0 Å². The van der Waals surface area contributed by atoms with Gasteiger partial charge in [-0.15, -0.1) is 23.1 Å². The number of benzene rings is 3. The number of hydrogen-bond donors (Lipinski definition) is 0. The molecule has 44 heavy (non-hydrogen) atoms. The van der Waals surface area contributed by atoms with Gasteiger partial charge in [-0.1, -0.05) is 6.07 Å². The smallest absolute Gasteiger partial charge is 0.347 e. The highest BCUT2D eigenvalue weighted by Gasteiger charge is 2.22. The number of thioether (sulfide) groups is 1. The lowest BCUT2D eigenvalue weighted by molar-refractivity contribution is -0.150. The summed E-state index contributed by atoms with van der Waals surface area (Å²) in [5, 5.41) is 0.901. The molecule has 0 radical (unpaired) electrons. The number of thiazole rings is 1. The highest BCUT2D eigenvalue weighted by molar-refractivity contribution is 7.98. The Labute approximate surface area is 267 Å². The molecule has 10 heteroatoms. The van der Waals surface area contributed by atoms with Crippen molar-refractivity contribution < 1.29 is 23.4 Å². The van der Waals surface area contributed by atoms with Gasteiger partial charge in [0, 0.05) is 65.6 Å². The number of aromatic nitrogens is 1. The van der Waals surface area contributed by atoms with Crippen molar-refractivity contribution in [3.05, 3.63) is 88.7 Å². The third-order valence-corrected chi connectivity index (χ3v) is 9.82. The van der Waals surface area contributed by atoms with Crippen LogP contribution in [0.15, 0.2) is 71.6 Å². The third kappa shape index (κ3) is 8.11. The Morgan fingerprint density at radius 1 is 1.07 bits per heavy atom. The fourth-order valence-electron chi connectivity index (χ4n) is 5.01. The van der Waals surface area contributed by atoms with Crippen LogP contribution in [0, 0.1) is 12.7 Å². The van der Waals surface area contributed by atoms with E-state index in [1.807, 2.05) is 31.2 Å². The van der Waals surface area contributed by atoms with Crippen LogP contribution in [-0.4, -0.2) is 61.9 Å². The number of anilines is 1. The van der Waals surface area contributed by atoms with Crippen LogP contribution in [0.3, 0.4) is 0 Å². The summed E-state index contributed by atoms with van der Waals surface area (Å²) in [4.78, 5) is 24.2. The predicted molar refractivity (Wildman–Crippen MR) is 175 cm³/mol. The summed E-state index contributed by atoms with van der Waals surface area (Å²) < 4.78 is 30.0. The molecule has 1 fully saturated rings. The fraction of sp³-hybridized carbons (Fsp3) is 0.353. The number of halogens is 1. The minimum atomic E-state index is -0.672. The van der Waals surface area contributed by atoms with Gasteiger partial charge in [0.2, 0.25) is 0 Å². The van der Waals surface area contributed by atoms with Gasteiger partial charge < -0.3 is 19.1 Å². The van der Waals surface area contributed by atoms with Gasteiger partial charge in [-0.2, -0.15) is 0 Å².